The molecule has 1 saturated carbocycles. The number of hydrogen-bond acceptors (Lipinski definition) is 9. The number of nitrogens with zero attached hydrogens (tertiary/aromatic N) is 2. The highest BCUT2D eigenvalue weighted by atomic mass is 35.5. The monoisotopic (exact) mass is 757 g/mol. The molecule has 6 unspecified atom stereocenters. The van der Waals surface area contributed by atoms with Gasteiger partial charge in [-0.25, -0.2) is 0 Å². The Morgan fingerprint density at radius 1 is 1.00 bits per heavy atom. The lowest BCUT2D eigenvalue weighted by Gasteiger charge is -2.51. The number of halogens is 2. The molecule has 4 amide bonds. The van der Waals surface area contributed by atoms with Gasteiger partial charge in [0.2, 0.25) is 11.8 Å². The molecule has 3 fully saturated rings. The average Bonchev–Trinajstić information content (AvgIpc) is 3.51. The zero-order valence-corrected chi connectivity index (χ0v) is 29.8. The molecule has 3 N–H and O–H groups in total. The van der Waals surface area contributed by atoms with Crippen molar-refractivity contribution in [2.24, 2.45) is 29.6 Å². The van der Waals surface area contributed by atoms with Gasteiger partial charge in [-0.2, -0.15) is 5.01 Å². The molecule has 12 nitrogen and oxygen atoms in total. The van der Waals surface area contributed by atoms with Gasteiger partial charge in [0.15, 0.2) is 0 Å². The molecular formula is C39H33Cl2N3O9. The van der Waals surface area contributed by atoms with E-state index in [9.17, 15) is 29.4 Å². The average molecular weight is 759 g/mol. The Hall–Kier alpha value is -5.33. The van der Waals surface area contributed by atoms with Crippen molar-refractivity contribution in [1.29, 1.82) is 0 Å². The lowest BCUT2D eigenvalue weighted by atomic mass is 9.48. The number of amides is 4. The van der Waals surface area contributed by atoms with Crippen molar-refractivity contribution in [2.45, 2.75) is 31.1 Å². The maximum Gasteiger partial charge on any atom is 0.305 e. The van der Waals surface area contributed by atoms with Gasteiger partial charge >= 0.3 is 5.97 Å². The Kier molecular flexibility index (Phi) is 8.49. The molecule has 0 radical (unpaired) electrons. The van der Waals surface area contributed by atoms with Crippen LogP contribution in [0.25, 0.3) is 0 Å². The van der Waals surface area contributed by atoms with Gasteiger partial charge in [-0.1, -0.05) is 47.0 Å². The van der Waals surface area contributed by atoms with Crippen LogP contribution in [0.1, 0.15) is 30.4 Å². The maximum absolute atomic E-state index is 15.4. The van der Waals surface area contributed by atoms with Gasteiger partial charge in [0.25, 0.3) is 11.8 Å². The highest BCUT2D eigenvalue weighted by Crippen LogP contribution is 2.63. The van der Waals surface area contributed by atoms with Crippen LogP contribution in [-0.4, -0.2) is 63.4 Å². The molecule has 272 valence electrons. The van der Waals surface area contributed by atoms with E-state index in [1.54, 1.807) is 54.8 Å². The number of fused-ring (bicyclic) bond motifs is 5. The number of benzene rings is 3. The molecule has 14 heteroatoms. The number of aromatic hydroxyl groups is 1. The van der Waals surface area contributed by atoms with Crippen LogP contribution in [-0.2, 0) is 35.8 Å². The lowest BCUT2D eigenvalue weighted by Crippen LogP contribution is -2.55. The normalized spacial score (nSPS) is 27.3. The van der Waals surface area contributed by atoms with Gasteiger partial charge in [0.1, 0.15) is 17.2 Å². The zero-order valence-electron chi connectivity index (χ0n) is 28.3. The standard InChI is InChI=1S/C39H33Cl2N3O9/c1-52-24-6-2-21(3-7-24)39-28(36(49)44(38(39)51)42-30-10-4-22(40)16-29(30)41)17-27-25(34(39)20-14-19-15-23(45)5-11-31(19)53-18-20)8-9-26-33(27)37(50)43(35(26)48)13-12-32(46)47/h2-8,10-11,15-16,18,26-28,33-34,42,45H,9,12-14,17H2,1H3,(H,46,47). The lowest BCUT2D eigenvalue weighted by molar-refractivity contribution is -0.143. The first-order chi connectivity index (χ1) is 25.4. The Balaban J connectivity index is 1.32. The molecule has 53 heavy (non-hydrogen) atoms. The Morgan fingerprint density at radius 3 is 2.49 bits per heavy atom. The van der Waals surface area contributed by atoms with Crippen molar-refractivity contribution >= 4 is 58.5 Å². The number of hydrogen-bond donors (Lipinski definition) is 3. The molecule has 3 aliphatic heterocycles. The summed E-state index contributed by atoms with van der Waals surface area (Å²) in [6, 6.07) is 16.3. The molecule has 8 rings (SSSR count). The summed E-state index contributed by atoms with van der Waals surface area (Å²) in [5.74, 6) is -6.28. The molecule has 0 bridgehead atoms. The van der Waals surface area contributed by atoms with Crippen molar-refractivity contribution in [2.75, 3.05) is 19.1 Å². The van der Waals surface area contributed by atoms with E-state index < -0.39 is 71.0 Å². The van der Waals surface area contributed by atoms with E-state index in [-0.39, 0.29) is 42.3 Å². The van der Waals surface area contributed by atoms with Crippen LogP contribution in [0.15, 0.2) is 84.1 Å². The van der Waals surface area contributed by atoms with Crippen LogP contribution < -0.4 is 14.9 Å². The molecule has 3 aromatic rings. The van der Waals surface area contributed by atoms with E-state index in [2.05, 4.69) is 5.43 Å². The van der Waals surface area contributed by atoms with E-state index in [0.29, 0.717) is 38.8 Å². The number of rotatable bonds is 8. The van der Waals surface area contributed by atoms with E-state index in [1.165, 1.54) is 19.2 Å². The maximum atomic E-state index is 15.4. The third-order valence-corrected chi connectivity index (χ3v) is 11.9. The fourth-order valence-corrected chi connectivity index (χ4v) is 9.60. The zero-order chi connectivity index (χ0) is 37.3. The van der Waals surface area contributed by atoms with Crippen LogP contribution in [0.4, 0.5) is 5.69 Å². The van der Waals surface area contributed by atoms with Gasteiger partial charge in [-0.15, -0.1) is 0 Å². The minimum Gasteiger partial charge on any atom is -0.508 e. The highest BCUT2D eigenvalue weighted by Gasteiger charge is 2.70. The molecule has 6 atom stereocenters. The molecule has 3 heterocycles. The summed E-state index contributed by atoms with van der Waals surface area (Å²) in [6.45, 7) is -0.263. The summed E-state index contributed by atoms with van der Waals surface area (Å²) in [7, 11) is 1.52. The number of carboxylic acids is 1. The van der Waals surface area contributed by atoms with Gasteiger partial charge in [0, 0.05) is 29.5 Å². The number of anilines is 1. The Labute approximate surface area is 313 Å². The summed E-state index contributed by atoms with van der Waals surface area (Å²) < 4.78 is 11.6. The molecule has 2 aliphatic carbocycles. The van der Waals surface area contributed by atoms with Crippen LogP contribution in [0.2, 0.25) is 10.0 Å². The second-order valence-electron chi connectivity index (χ2n) is 14.0. The predicted octanol–water partition coefficient (Wildman–Crippen LogP) is 5.52. The first kappa shape index (κ1) is 34.7. The molecular weight excluding hydrogens is 725 g/mol. The van der Waals surface area contributed by atoms with Crippen LogP contribution in [0.5, 0.6) is 17.2 Å². The minimum absolute atomic E-state index is 0.0245. The summed E-state index contributed by atoms with van der Waals surface area (Å²) in [5, 5.41) is 21.3. The first-order valence-corrected chi connectivity index (χ1v) is 17.9. The smallest absolute Gasteiger partial charge is 0.305 e. The molecule has 5 aliphatic rings. The van der Waals surface area contributed by atoms with Crippen LogP contribution in [0, 0.1) is 29.6 Å². The van der Waals surface area contributed by atoms with Crippen LogP contribution >= 0.6 is 23.2 Å². The number of nitrogens with one attached hydrogen (secondary N) is 1. The van der Waals surface area contributed by atoms with E-state index in [0.717, 1.165) is 9.91 Å². The Bertz CT molecular complexity index is 2170. The third-order valence-electron chi connectivity index (χ3n) is 11.4. The van der Waals surface area contributed by atoms with E-state index >= 15 is 4.79 Å². The summed E-state index contributed by atoms with van der Waals surface area (Å²) in [4.78, 5) is 70.5. The largest absolute Gasteiger partial charge is 0.508 e. The number of phenols is 1. The molecule has 0 aromatic heterocycles. The fraction of sp³-hybridized carbons (Fsp3) is 0.308. The quantitative estimate of drug-likeness (QED) is 0.197. The number of aliphatic carboxylic acids is 1. The minimum atomic E-state index is -1.58. The summed E-state index contributed by atoms with van der Waals surface area (Å²) >= 11 is 12.7. The number of methoxy groups -OCH3 is 1. The topological polar surface area (TPSA) is 163 Å². The van der Waals surface area contributed by atoms with E-state index in [1.807, 2.05) is 6.08 Å². The van der Waals surface area contributed by atoms with Gasteiger partial charge in [-0.3, -0.25) is 34.3 Å². The number of carbonyl (C=O) groups excluding carboxylic acids is 4. The second kappa shape index (κ2) is 13.0. The number of imide groups is 2. The van der Waals surface area contributed by atoms with Gasteiger partial charge in [-0.05, 0) is 78.4 Å². The number of allylic oxidation sites excluding steroid dienone is 3. The first-order valence-electron chi connectivity index (χ1n) is 17.1. The van der Waals surface area contributed by atoms with Crippen molar-refractivity contribution in [3.63, 3.8) is 0 Å². The van der Waals surface area contributed by atoms with Gasteiger partial charge < -0.3 is 19.7 Å². The molecule has 0 spiro atoms. The number of carbonyl (C=O) groups is 5. The summed E-state index contributed by atoms with van der Waals surface area (Å²) in [5.41, 5.74) is 4.18. The number of likely N-dealkylation sites (tertiary alicyclic amines) is 1. The van der Waals surface area contributed by atoms with E-state index in [4.69, 9.17) is 32.7 Å². The fourth-order valence-electron chi connectivity index (χ4n) is 9.15. The third kappa shape index (κ3) is 5.37. The van der Waals surface area contributed by atoms with Gasteiger partial charge in [0.05, 0.1) is 53.7 Å². The van der Waals surface area contributed by atoms with Crippen molar-refractivity contribution in [3.05, 3.63) is 105 Å². The second-order valence-corrected chi connectivity index (χ2v) is 14.8. The number of carboxylic acid groups (broad SMARTS) is 1. The summed E-state index contributed by atoms with van der Waals surface area (Å²) in [6.07, 6.45) is 3.56. The van der Waals surface area contributed by atoms with Crippen molar-refractivity contribution < 1.29 is 43.7 Å². The SMILES string of the molecule is COc1ccc(C23C(=O)N(Nc4ccc(Cl)cc4Cl)C(=O)C2CC2C(=CCC4C(=O)N(CCC(=O)O)C(=O)C42)C3C2=COc3ccc(O)cc3C2)cc1. The van der Waals surface area contributed by atoms with Crippen LogP contribution in [0.3, 0.4) is 0 Å². The van der Waals surface area contributed by atoms with Crippen molar-refractivity contribution in [3.8, 4) is 17.2 Å². The molecule has 3 aromatic carbocycles. The number of phenolic OH excluding ortho intramolecular Hbond substituents is 1. The highest BCUT2D eigenvalue weighted by molar-refractivity contribution is 6.36. The number of ether oxygens (including phenoxy) is 2. The molecule has 2 saturated heterocycles. The van der Waals surface area contributed by atoms with Crippen molar-refractivity contribution in [1.82, 2.24) is 9.91 Å². The predicted molar refractivity (Wildman–Crippen MR) is 191 cm³/mol. The Morgan fingerprint density at radius 2 is 1.77 bits per heavy atom. The number of hydrazine groups is 1.